The minimum absolute atomic E-state index is 0.221. The lowest BCUT2D eigenvalue weighted by Crippen LogP contribution is -2.23. The van der Waals surface area contributed by atoms with Crippen molar-refractivity contribution in [2.24, 2.45) is 5.92 Å². The van der Waals surface area contributed by atoms with Gasteiger partial charge < -0.3 is 14.6 Å². The Kier molecular flexibility index (Phi) is 4.85. The molecule has 0 unspecified atom stereocenters. The predicted octanol–water partition coefficient (Wildman–Crippen LogP) is 0.752. The smallest absolute Gasteiger partial charge is 0.337 e. The molecule has 0 aliphatic heterocycles. The summed E-state index contributed by atoms with van der Waals surface area (Å²) in [5.41, 5.74) is 0.600. The minimum Gasteiger partial charge on any atom is -0.466 e. The zero-order valence-electron chi connectivity index (χ0n) is 10.4. The first-order chi connectivity index (χ1) is 8.49. The second-order valence-corrected chi connectivity index (χ2v) is 3.93. The van der Waals surface area contributed by atoms with E-state index in [1.165, 1.54) is 26.4 Å². The number of aliphatic hydroxyl groups excluding tert-OH is 1. The first kappa shape index (κ1) is 14.2. The van der Waals surface area contributed by atoms with Crippen molar-refractivity contribution < 1.29 is 24.2 Å². The molecule has 5 nitrogen and oxygen atoms in total. The summed E-state index contributed by atoms with van der Waals surface area (Å²) in [7, 11) is 2.55. The average molecular weight is 252 g/mol. The van der Waals surface area contributed by atoms with Crippen molar-refractivity contribution in [3.63, 3.8) is 0 Å². The lowest BCUT2D eigenvalue weighted by atomic mass is 9.88. The predicted molar refractivity (Wildman–Crippen MR) is 64.5 cm³/mol. The molecule has 0 aromatic heterocycles. The van der Waals surface area contributed by atoms with Gasteiger partial charge in [-0.25, -0.2) is 9.59 Å². The van der Waals surface area contributed by atoms with E-state index in [2.05, 4.69) is 16.1 Å². The van der Waals surface area contributed by atoms with Gasteiger partial charge in [0.15, 0.2) is 0 Å². The molecule has 18 heavy (non-hydrogen) atoms. The number of methoxy groups -OCH3 is 2. The van der Waals surface area contributed by atoms with Crippen LogP contribution in [0, 0.1) is 5.92 Å². The van der Waals surface area contributed by atoms with Crippen molar-refractivity contribution >= 4 is 11.9 Å². The van der Waals surface area contributed by atoms with Crippen molar-refractivity contribution in [1.82, 2.24) is 0 Å². The van der Waals surface area contributed by atoms with E-state index in [4.69, 9.17) is 0 Å². The molecular formula is C13H16O5. The molecular weight excluding hydrogens is 236 g/mol. The Morgan fingerprint density at radius 1 is 1.39 bits per heavy atom. The number of hydrogen-bond donors (Lipinski definition) is 1. The Labute approximate surface area is 105 Å². The van der Waals surface area contributed by atoms with Gasteiger partial charge in [-0.05, 0) is 12.5 Å². The molecule has 0 heterocycles. The van der Waals surface area contributed by atoms with Gasteiger partial charge >= 0.3 is 11.9 Å². The molecule has 1 rings (SSSR count). The zero-order valence-corrected chi connectivity index (χ0v) is 10.4. The molecule has 0 bridgehead atoms. The van der Waals surface area contributed by atoms with Crippen LogP contribution in [-0.4, -0.2) is 37.4 Å². The monoisotopic (exact) mass is 252 g/mol. The van der Waals surface area contributed by atoms with Gasteiger partial charge in [-0.3, -0.25) is 0 Å². The van der Waals surface area contributed by atoms with E-state index in [1.807, 2.05) is 0 Å². The van der Waals surface area contributed by atoms with E-state index in [0.717, 1.165) is 0 Å². The van der Waals surface area contributed by atoms with Gasteiger partial charge in [0.25, 0.3) is 0 Å². The summed E-state index contributed by atoms with van der Waals surface area (Å²) in [4.78, 5) is 22.6. The number of hydrogen-bond acceptors (Lipinski definition) is 5. The summed E-state index contributed by atoms with van der Waals surface area (Å²) in [6.07, 6.45) is 4.01. The fourth-order valence-electron chi connectivity index (χ4n) is 1.68. The maximum atomic E-state index is 11.4. The number of esters is 2. The number of rotatable bonds is 4. The van der Waals surface area contributed by atoms with Gasteiger partial charge in [-0.2, -0.15) is 0 Å². The van der Waals surface area contributed by atoms with Gasteiger partial charge in [-0.15, -0.1) is 0 Å². The Bertz CT molecular complexity index is 419. The second-order valence-electron chi connectivity index (χ2n) is 3.93. The highest BCUT2D eigenvalue weighted by Gasteiger charge is 2.24. The standard InChI is InChI=1S/C13H16O5/c1-8(12(15)17-2)6-10-7-9(13(16)18-3)4-5-11(10)14/h4-5,7,10-11,14H,1,6H2,2-3H3/t10-,11-/m1/s1. The number of ether oxygens (including phenoxy) is 2. The molecule has 0 aromatic carbocycles. The summed E-state index contributed by atoms with van der Waals surface area (Å²) in [6, 6.07) is 0. The Balaban J connectivity index is 2.78. The molecule has 1 aliphatic rings. The molecule has 0 saturated carbocycles. The third-order valence-electron chi connectivity index (χ3n) is 2.68. The van der Waals surface area contributed by atoms with Crippen molar-refractivity contribution in [3.05, 3.63) is 36.0 Å². The molecule has 0 aromatic rings. The van der Waals surface area contributed by atoms with Gasteiger partial charge in [-0.1, -0.05) is 18.7 Å². The van der Waals surface area contributed by atoms with E-state index in [9.17, 15) is 14.7 Å². The van der Waals surface area contributed by atoms with Crippen LogP contribution >= 0.6 is 0 Å². The molecule has 5 heteroatoms. The maximum absolute atomic E-state index is 11.4. The van der Waals surface area contributed by atoms with E-state index >= 15 is 0 Å². The van der Waals surface area contributed by atoms with Crippen LogP contribution in [0.3, 0.4) is 0 Å². The number of carbonyl (C=O) groups is 2. The van der Waals surface area contributed by atoms with E-state index in [-0.39, 0.29) is 12.0 Å². The third-order valence-corrected chi connectivity index (χ3v) is 2.68. The maximum Gasteiger partial charge on any atom is 0.337 e. The summed E-state index contributed by atoms with van der Waals surface area (Å²) in [6.45, 7) is 3.59. The van der Waals surface area contributed by atoms with Gasteiger partial charge in [0.2, 0.25) is 0 Å². The summed E-state index contributed by atoms with van der Waals surface area (Å²) in [5, 5.41) is 9.77. The molecule has 98 valence electrons. The van der Waals surface area contributed by atoms with Crippen molar-refractivity contribution in [2.75, 3.05) is 14.2 Å². The van der Waals surface area contributed by atoms with E-state index in [0.29, 0.717) is 5.57 Å². The van der Waals surface area contributed by atoms with Crippen LogP contribution in [0.15, 0.2) is 36.0 Å². The summed E-state index contributed by atoms with van der Waals surface area (Å²) < 4.78 is 9.13. The normalized spacial score (nSPS) is 22.1. The lowest BCUT2D eigenvalue weighted by Gasteiger charge is -2.21. The van der Waals surface area contributed by atoms with Crippen LogP contribution in [0.2, 0.25) is 0 Å². The second kappa shape index (κ2) is 6.16. The summed E-state index contributed by atoms with van der Waals surface area (Å²) >= 11 is 0. The quantitative estimate of drug-likeness (QED) is 0.590. The van der Waals surface area contributed by atoms with E-state index in [1.54, 1.807) is 6.08 Å². The topological polar surface area (TPSA) is 72.8 Å². The Morgan fingerprint density at radius 2 is 2.06 bits per heavy atom. The molecule has 0 spiro atoms. The summed E-state index contributed by atoms with van der Waals surface area (Å²) in [5.74, 6) is -1.40. The van der Waals surface area contributed by atoms with Crippen molar-refractivity contribution in [3.8, 4) is 0 Å². The van der Waals surface area contributed by atoms with Gasteiger partial charge in [0, 0.05) is 11.5 Å². The van der Waals surface area contributed by atoms with Crippen LogP contribution in [0.4, 0.5) is 0 Å². The molecule has 0 amide bonds. The Morgan fingerprint density at radius 3 is 2.61 bits per heavy atom. The van der Waals surface area contributed by atoms with E-state index < -0.39 is 24.0 Å². The average Bonchev–Trinajstić information content (AvgIpc) is 2.39. The fourth-order valence-corrected chi connectivity index (χ4v) is 1.68. The zero-order chi connectivity index (χ0) is 13.7. The number of aliphatic hydroxyl groups is 1. The fraction of sp³-hybridized carbons (Fsp3) is 0.385. The first-order valence-corrected chi connectivity index (χ1v) is 5.42. The molecule has 0 radical (unpaired) electrons. The van der Waals surface area contributed by atoms with Crippen molar-refractivity contribution in [2.45, 2.75) is 12.5 Å². The van der Waals surface area contributed by atoms with Crippen LogP contribution < -0.4 is 0 Å². The highest BCUT2D eigenvalue weighted by atomic mass is 16.5. The third kappa shape index (κ3) is 3.30. The molecule has 1 aliphatic carbocycles. The minimum atomic E-state index is -0.764. The number of carbonyl (C=O) groups excluding carboxylic acids is 2. The van der Waals surface area contributed by atoms with Crippen LogP contribution in [0.1, 0.15) is 6.42 Å². The molecule has 0 saturated heterocycles. The largest absolute Gasteiger partial charge is 0.466 e. The van der Waals surface area contributed by atoms with Crippen molar-refractivity contribution in [1.29, 1.82) is 0 Å². The van der Waals surface area contributed by atoms with Crippen LogP contribution in [0.25, 0.3) is 0 Å². The highest BCUT2D eigenvalue weighted by molar-refractivity contribution is 5.92. The van der Waals surface area contributed by atoms with Gasteiger partial charge in [0.05, 0.1) is 25.9 Å². The SMILES string of the molecule is C=C(C[C@@H]1C=C(C(=O)OC)C=C[C@H]1O)C(=O)OC. The molecule has 0 fully saturated rings. The molecule has 2 atom stereocenters. The van der Waals surface area contributed by atoms with Crippen LogP contribution in [-0.2, 0) is 19.1 Å². The van der Waals surface area contributed by atoms with Gasteiger partial charge in [0.1, 0.15) is 0 Å². The molecule has 1 N–H and O–H groups in total. The lowest BCUT2D eigenvalue weighted by molar-refractivity contribution is -0.136. The van der Waals surface area contributed by atoms with Crippen LogP contribution in [0.5, 0.6) is 0 Å². The Hall–Kier alpha value is -1.88. The first-order valence-electron chi connectivity index (χ1n) is 5.42. The highest BCUT2D eigenvalue weighted by Crippen LogP contribution is 2.24.